The molecular weight excluding hydrogens is 471 g/mol. The molecule has 1 fully saturated rings. The van der Waals surface area contributed by atoms with Crippen LogP contribution in [0, 0.1) is 6.92 Å². The highest BCUT2D eigenvalue weighted by Crippen LogP contribution is 2.40. The number of methoxy groups -OCH3 is 1. The van der Waals surface area contributed by atoms with Crippen LogP contribution in [0.1, 0.15) is 27.0 Å². The number of hydrogen-bond acceptors (Lipinski definition) is 5. The number of carbonyl (C=O) groups excluding carboxylic acids is 1. The van der Waals surface area contributed by atoms with E-state index in [9.17, 15) is 18.0 Å². The highest BCUT2D eigenvalue weighted by molar-refractivity contribution is 6.04. The summed E-state index contributed by atoms with van der Waals surface area (Å²) in [6.07, 6.45) is -4.60. The second kappa shape index (κ2) is 9.22. The van der Waals surface area contributed by atoms with E-state index in [1.807, 2.05) is 48.2 Å². The normalized spacial score (nSPS) is 15.3. The molecule has 0 radical (unpaired) electrons. The number of rotatable bonds is 2. The number of alkyl halides is 3. The van der Waals surface area contributed by atoms with E-state index in [0.717, 1.165) is 17.2 Å². The van der Waals surface area contributed by atoms with Crippen molar-refractivity contribution in [1.29, 1.82) is 0 Å². The topological polar surface area (TPSA) is 54.4 Å². The first-order valence-corrected chi connectivity index (χ1v) is 11.5. The van der Waals surface area contributed by atoms with Gasteiger partial charge in [-0.1, -0.05) is 18.2 Å². The average molecular weight is 496 g/mol. The van der Waals surface area contributed by atoms with Gasteiger partial charge >= 0.3 is 6.18 Å². The Morgan fingerprint density at radius 3 is 2.44 bits per heavy atom. The van der Waals surface area contributed by atoms with Gasteiger partial charge in [-0.15, -0.1) is 0 Å². The molecule has 0 saturated carbocycles. The predicted octanol–water partition coefficient (Wildman–Crippen LogP) is 5.66. The SMILES string of the molecule is COc1ccc2c(c1)C(N1CCN(C(=O)c3ccccc3C(F)(F)F)CC1)=Nc1ccc(C)cc1O2. The summed E-state index contributed by atoms with van der Waals surface area (Å²) in [5.41, 5.74) is 1.19. The fraction of sp³-hybridized carbons (Fsp3) is 0.259. The zero-order valence-electron chi connectivity index (χ0n) is 19.8. The van der Waals surface area contributed by atoms with Crippen molar-refractivity contribution in [2.24, 2.45) is 4.99 Å². The van der Waals surface area contributed by atoms with E-state index in [0.29, 0.717) is 41.9 Å². The van der Waals surface area contributed by atoms with Crippen LogP contribution in [0.5, 0.6) is 17.2 Å². The Morgan fingerprint density at radius 1 is 0.972 bits per heavy atom. The lowest BCUT2D eigenvalue weighted by Crippen LogP contribution is -2.51. The Morgan fingerprint density at radius 2 is 1.72 bits per heavy atom. The third-order valence-corrected chi connectivity index (χ3v) is 6.32. The van der Waals surface area contributed by atoms with Crippen LogP contribution >= 0.6 is 0 Å². The number of aliphatic imine (C=N–C) groups is 1. The number of ether oxygens (including phenoxy) is 2. The highest BCUT2D eigenvalue weighted by Gasteiger charge is 2.37. The zero-order valence-corrected chi connectivity index (χ0v) is 19.8. The number of hydrogen-bond donors (Lipinski definition) is 0. The molecule has 6 nitrogen and oxygen atoms in total. The molecule has 0 aromatic heterocycles. The van der Waals surface area contributed by atoms with Crippen molar-refractivity contribution in [3.8, 4) is 17.2 Å². The molecule has 2 aliphatic rings. The van der Waals surface area contributed by atoms with E-state index in [4.69, 9.17) is 14.5 Å². The first-order chi connectivity index (χ1) is 17.2. The molecule has 9 heteroatoms. The molecule has 36 heavy (non-hydrogen) atoms. The van der Waals surface area contributed by atoms with E-state index in [2.05, 4.69) is 0 Å². The van der Waals surface area contributed by atoms with E-state index in [1.165, 1.54) is 23.1 Å². The minimum atomic E-state index is -4.60. The third-order valence-electron chi connectivity index (χ3n) is 6.32. The van der Waals surface area contributed by atoms with Crippen molar-refractivity contribution in [2.75, 3.05) is 33.3 Å². The largest absolute Gasteiger partial charge is 0.497 e. The standard InChI is InChI=1S/C27H24F3N3O3/c1-17-7-9-22-24(15-17)36-23-10-8-18(35-2)16-20(23)25(31-22)32-11-13-33(14-12-32)26(34)19-5-3-4-6-21(19)27(28,29)30/h3-10,15-16H,11-14H2,1-2H3. The lowest BCUT2D eigenvalue weighted by molar-refractivity contribution is -0.138. The summed E-state index contributed by atoms with van der Waals surface area (Å²) < 4.78 is 52.0. The molecule has 0 spiro atoms. The van der Waals surface area contributed by atoms with Crippen LogP contribution in [0.4, 0.5) is 18.9 Å². The summed E-state index contributed by atoms with van der Waals surface area (Å²) in [5.74, 6) is 1.93. The van der Waals surface area contributed by atoms with Gasteiger partial charge in [-0.25, -0.2) is 4.99 Å². The molecule has 2 heterocycles. The first kappa shape index (κ1) is 23.7. The van der Waals surface area contributed by atoms with Crippen LogP contribution < -0.4 is 9.47 Å². The quantitative estimate of drug-likeness (QED) is 0.460. The Bertz CT molecular complexity index is 1350. The minimum absolute atomic E-state index is 0.255. The number of halogens is 3. The van der Waals surface area contributed by atoms with E-state index in [-0.39, 0.29) is 18.7 Å². The van der Waals surface area contributed by atoms with Gasteiger partial charge in [-0.3, -0.25) is 4.79 Å². The molecule has 3 aromatic rings. The monoisotopic (exact) mass is 495 g/mol. The molecule has 1 amide bonds. The summed E-state index contributed by atoms with van der Waals surface area (Å²) in [6.45, 7) is 3.28. The second-order valence-electron chi connectivity index (χ2n) is 8.69. The van der Waals surface area contributed by atoms with Crippen LogP contribution in [0.3, 0.4) is 0 Å². The van der Waals surface area contributed by atoms with E-state index < -0.39 is 17.6 Å². The van der Waals surface area contributed by atoms with Gasteiger partial charge in [0.15, 0.2) is 5.75 Å². The summed E-state index contributed by atoms with van der Waals surface area (Å²) in [7, 11) is 1.58. The van der Waals surface area contributed by atoms with E-state index >= 15 is 0 Å². The van der Waals surface area contributed by atoms with Crippen molar-refractivity contribution in [1.82, 2.24) is 9.80 Å². The van der Waals surface area contributed by atoms with Crippen LogP contribution in [0.2, 0.25) is 0 Å². The van der Waals surface area contributed by atoms with Gasteiger partial charge < -0.3 is 19.3 Å². The van der Waals surface area contributed by atoms with Crippen LogP contribution in [0.15, 0.2) is 65.7 Å². The van der Waals surface area contributed by atoms with Crippen molar-refractivity contribution in [3.05, 3.63) is 82.9 Å². The lowest BCUT2D eigenvalue weighted by atomic mass is 10.1. The van der Waals surface area contributed by atoms with Crippen LogP contribution in [-0.4, -0.2) is 54.8 Å². The van der Waals surface area contributed by atoms with Gasteiger partial charge in [0.05, 0.1) is 23.8 Å². The van der Waals surface area contributed by atoms with Crippen molar-refractivity contribution < 1.29 is 27.4 Å². The predicted molar refractivity (Wildman–Crippen MR) is 129 cm³/mol. The van der Waals surface area contributed by atoms with Gasteiger partial charge in [0, 0.05) is 26.2 Å². The number of fused-ring (bicyclic) bond motifs is 2. The molecule has 0 aliphatic carbocycles. The van der Waals surface area contributed by atoms with Gasteiger partial charge in [-0.2, -0.15) is 13.2 Å². The maximum absolute atomic E-state index is 13.5. The summed E-state index contributed by atoms with van der Waals surface area (Å²) in [5, 5.41) is 0. The number of amidine groups is 1. The van der Waals surface area contributed by atoms with Crippen LogP contribution in [-0.2, 0) is 6.18 Å². The first-order valence-electron chi connectivity index (χ1n) is 11.5. The number of nitrogens with zero attached hydrogens (tertiary/aromatic N) is 3. The molecule has 0 atom stereocenters. The summed E-state index contributed by atoms with van der Waals surface area (Å²) in [4.78, 5) is 21.4. The number of carbonyl (C=O) groups is 1. The van der Waals surface area contributed by atoms with Gasteiger partial charge in [-0.05, 0) is 55.0 Å². The molecule has 0 bridgehead atoms. The Balaban J connectivity index is 1.44. The second-order valence-corrected chi connectivity index (χ2v) is 8.69. The fourth-order valence-corrected chi connectivity index (χ4v) is 4.44. The Labute approximate surface area is 206 Å². The summed E-state index contributed by atoms with van der Waals surface area (Å²) in [6, 6.07) is 16.2. The van der Waals surface area contributed by atoms with Gasteiger partial charge in [0.1, 0.15) is 23.0 Å². The van der Waals surface area contributed by atoms with Gasteiger partial charge in [0.25, 0.3) is 5.91 Å². The van der Waals surface area contributed by atoms with Gasteiger partial charge in [0.2, 0.25) is 0 Å². The number of benzene rings is 3. The molecule has 186 valence electrons. The van der Waals surface area contributed by atoms with Crippen molar-refractivity contribution in [3.63, 3.8) is 0 Å². The Hall–Kier alpha value is -4.01. The summed E-state index contributed by atoms with van der Waals surface area (Å²) >= 11 is 0. The molecule has 1 saturated heterocycles. The molecule has 3 aromatic carbocycles. The fourth-order valence-electron chi connectivity index (χ4n) is 4.44. The molecule has 2 aliphatic heterocycles. The van der Waals surface area contributed by atoms with Crippen LogP contribution in [0.25, 0.3) is 0 Å². The zero-order chi connectivity index (χ0) is 25.4. The van der Waals surface area contributed by atoms with E-state index in [1.54, 1.807) is 7.11 Å². The third kappa shape index (κ3) is 4.48. The molecule has 0 unspecified atom stereocenters. The number of piperazine rings is 1. The molecule has 0 N–H and O–H groups in total. The molecule has 5 rings (SSSR count). The maximum atomic E-state index is 13.5. The highest BCUT2D eigenvalue weighted by atomic mass is 19.4. The smallest absolute Gasteiger partial charge is 0.417 e. The number of amides is 1. The Kier molecular flexibility index (Phi) is 6.07. The minimum Gasteiger partial charge on any atom is -0.497 e. The average Bonchev–Trinajstić information content (AvgIpc) is 3.03. The van der Waals surface area contributed by atoms with Crippen molar-refractivity contribution >= 4 is 17.4 Å². The number of aryl methyl sites for hydroxylation is 1. The van der Waals surface area contributed by atoms with Crippen molar-refractivity contribution in [2.45, 2.75) is 13.1 Å². The maximum Gasteiger partial charge on any atom is 0.417 e. The molecular formula is C27H24F3N3O3. The lowest BCUT2D eigenvalue weighted by Gasteiger charge is -2.37.